The van der Waals surface area contributed by atoms with Crippen LogP contribution in [0.5, 0.6) is 0 Å². The summed E-state index contributed by atoms with van der Waals surface area (Å²) >= 11 is 3.52. The van der Waals surface area contributed by atoms with Gasteiger partial charge in [-0.3, -0.25) is 4.79 Å². The highest BCUT2D eigenvalue weighted by Crippen LogP contribution is 2.51. The Morgan fingerprint density at radius 1 is 1.41 bits per heavy atom. The Bertz CT molecular complexity index is 448. The molecule has 1 fully saturated rings. The molecule has 1 aromatic carbocycles. The number of hydrogen-bond donors (Lipinski definition) is 1. The van der Waals surface area contributed by atoms with Crippen molar-refractivity contribution in [1.82, 2.24) is 0 Å². The Hall–Kier alpha value is -0.830. The van der Waals surface area contributed by atoms with E-state index in [0.717, 1.165) is 17.3 Å². The second-order valence-electron chi connectivity index (χ2n) is 5.28. The van der Waals surface area contributed by atoms with E-state index in [-0.39, 0.29) is 11.8 Å². The summed E-state index contributed by atoms with van der Waals surface area (Å²) in [6, 6.07) is 6.36. The third-order valence-electron chi connectivity index (χ3n) is 3.54. The number of benzene rings is 1. The molecule has 1 saturated carbocycles. The molecule has 3 heteroatoms. The van der Waals surface area contributed by atoms with E-state index in [1.807, 2.05) is 0 Å². The van der Waals surface area contributed by atoms with Gasteiger partial charge in [0, 0.05) is 9.89 Å². The first-order valence-corrected chi connectivity index (χ1v) is 6.75. The standard InChI is InChI=1S/C14H17BrO2/c1-9(2)10-5-11(7-12(15)6-10)14(3-4-14)8-13(16)17/h5-7,9H,3-4,8H2,1-2H3,(H,16,17). The highest BCUT2D eigenvalue weighted by atomic mass is 79.9. The van der Waals surface area contributed by atoms with E-state index in [1.165, 1.54) is 11.1 Å². The number of halogens is 1. The van der Waals surface area contributed by atoms with Crippen LogP contribution in [0, 0.1) is 0 Å². The van der Waals surface area contributed by atoms with Crippen LogP contribution in [0.25, 0.3) is 0 Å². The zero-order chi connectivity index (χ0) is 12.6. The van der Waals surface area contributed by atoms with Crippen LogP contribution in [0.2, 0.25) is 0 Å². The molecule has 1 aliphatic rings. The quantitative estimate of drug-likeness (QED) is 0.909. The van der Waals surface area contributed by atoms with Gasteiger partial charge in [0.15, 0.2) is 0 Å². The van der Waals surface area contributed by atoms with E-state index in [1.54, 1.807) is 0 Å². The van der Waals surface area contributed by atoms with Gasteiger partial charge in [0.25, 0.3) is 0 Å². The molecule has 0 radical (unpaired) electrons. The summed E-state index contributed by atoms with van der Waals surface area (Å²) in [4.78, 5) is 10.9. The van der Waals surface area contributed by atoms with Crippen LogP contribution in [-0.2, 0) is 10.2 Å². The van der Waals surface area contributed by atoms with Crippen molar-refractivity contribution in [3.05, 3.63) is 33.8 Å². The van der Waals surface area contributed by atoms with E-state index in [0.29, 0.717) is 5.92 Å². The summed E-state index contributed by atoms with van der Waals surface area (Å²) in [6.45, 7) is 4.31. The molecule has 0 amide bonds. The van der Waals surface area contributed by atoms with Crippen molar-refractivity contribution in [2.24, 2.45) is 0 Å². The molecule has 2 rings (SSSR count). The van der Waals surface area contributed by atoms with Crippen LogP contribution in [0.3, 0.4) is 0 Å². The van der Waals surface area contributed by atoms with E-state index >= 15 is 0 Å². The van der Waals surface area contributed by atoms with Crippen molar-refractivity contribution in [3.63, 3.8) is 0 Å². The van der Waals surface area contributed by atoms with Crippen molar-refractivity contribution in [3.8, 4) is 0 Å². The fraction of sp³-hybridized carbons (Fsp3) is 0.500. The molecule has 0 atom stereocenters. The van der Waals surface area contributed by atoms with Crippen molar-refractivity contribution in [2.45, 2.75) is 44.4 Å². The van der Waals surface area contributed by atoms with Crippen molar-refractivity contribution >= 4 is 21.9 Å². The predicted octanol–water partition coefficient (Wildman–Crippen LogP) is 4.08. The lowest BCUT2D eigenvalue weighted by Crippen LogP contribution is -2.13. The van der Waals surface area contributed by atoms with Gasteiger partial charge in [-0.2, -0.15) is 0 Å². The van der Waals surface area contributed by atoms with E-state index in [9.17, 15) is 4.79 Å². The molecule has 0 aliphatic heterocycles. The second-order valence-corrected chi connectivity index (χ2v) is 6.19. The number of aliphatic carboxylic acids is 1. The van der Waals surface area contributed by atoms with Gasteiger partial charge in [0.05, 0.1) is 6.42 Å². The third kappa shape index (κ3) is 2.71. The van der Waals surface area contributed by atoms with Gasteiger partial charge in [-0.05, 0) is 42.0 Å². The minimum atomic E-state index is -0.700. The first kappa shape index (κ1) is 12.6. The fourth-order valence-corrected chi connectivity index (χ4v) is 2.77. The topological polar surface area (TPSA) is 37.3 Å². The van der Waals surface area contributed by atoms with Gasteiger partial charge >= 0.3 is 5.97 Å². The number of hydrogen-bond acceptors (Lipinski definition) is 1. The van der Waals surface area contributed by atoms with Gasteiger partial charge in [-0.25, -0.2) is 0 Å². The molecular formula is C14H17BrO2. The second kappa shape index (κ2) is 4.45. The van der Waals surface area contributed by atoms with Crippen LogP contribution in [0.1, 0.15) is 50.2 Å². The van der Waals surface area contributed by atoms with Crippen molar-refractivity contribution in [2.75, 3.05) is 0 Å². The molecule has 1 aliphatic carbocycles. The molecule has 0 saturated heterocycles. The molecule has 0 aromatic heterocycles. The molecule has 0 bridgehead atoms. The van der Waals surface area contributed by atoms with Crippen LogP contribution in [-0.4, -0.2) is 11.1 Å². The Morgan fingerprint density at radius 2 is 2.06 bits per heavy atom. The average molecular weight is 297 g/mol. The summed E-state index contributed by atoms with van der Waals surface area (Å²) in [6.07, 6.45) is 2.24. The van der Waals surface area contributed by atoms with Crippen LogP contribution >= 0.6 is 15.9 Å². The fourth-order valence-electron chi connectivity index (χ4n) is 2.26. The summed E-state index contributed by atoms with van der Waals surface area (Å²) in [5.41, 5.74) is 2.35. The van der Waals surface area contributed by atoms with Gasteiger partial charge in [-0.15, -0.1) is 0 Å². The van der Waals surface area contributed by atoms with Crippen LogP contribution in [0.4, 0.5) is 0 Å². The molecule has 0 unspecified atom stereocenters. The Balaban J connectivity index is 2.35. The molecule has 92 valence electrons. The molecule has 17 heavy (non-hydrogen) atoms. The third-order valence-corrected chi connectivity index (χ3v) is 4.00. The summed E-state index contributed by atoms with van der Waals surface area (Å²) < 4.78 is 1.05. The van der Waals surface area contributed by atoms with Crippen molar-refractivity contribution in [1.29, 1.82) is 0 Å². The summed E-state index contributed by atoms with van der Waals surface area (Å²) in [7, 11) is 0. The number of rotatable bonds is 4. The lowest BCUT2D eigenvalue weighted by Gasteiger charge is -2.16. The Labute approximate surface area is 110 Å². The van der Waals surface area contributed by atoms with Gasteiger partial charge < -0.3 is 5.11 Å². The lowest BCUT2D eigenvalue weighted by atomic mass is 9.89. The average Bonchev–Trinajstić information content (AvgIpc) is 2.97. The molecular weight excluding hydrogens is 280 g/mol. The lowest BCUT2D eigenvalue weighted by molar-refractivity contribution is -0.137. The zero-order valence-corrected chi connectivity index (χ0v) is 11.8. The van der Waals surface area contributed by atoms with Gasteiger partial charge in [0.1, 0.15) is 0 Å². The van der Waals surface area contributed by atoms with Crippen LogP contribution in [0.15, 0.2) is 22.7 Å². The molecule has 1 aromatic rings. The van der Waals surface area contributed by atoms with Gasteiger partial charge in [0.2, 0.25) is 0 Å². The first-order valence-electron chi connectivity index (χ1n) is 5.96. The van der Waals surface area contributed by atoms with Crippen LogP contribution < -0.4 is 0 Å². The first-order chi connectivity index (χ1) is 7.93. The van der Waals surface area contributed by atoms with E-state index in [4.69, 9.17) is 5.11 Å². The number of carboxylic acid groups (broad SMARTS) is 1. The molecule has 1 N–H and O–H groups in total. The minimum Gasteiger partial charge on any atom is -0.481 e. The van der Waals surface area contributed by atoms with E-state index < -0.39 is 5.97 Å². The Kier molecular flexibility index (Phi) is 3.30. The number of carbonyl (C=O) groups is 1. The minimum absolute atomic E-state index is 0.0980. The monoisotopic (exact) mass is 296 g/mol. The zero-order valence-electron chi connectivity index (χ0n) is 10.2. The number of carboxylic acids is 1. The van der Waals surface area contributed by atoms with E-state index in [2.05, 4.69) is 48.0 Å². The molecule has 0 spiro atoms. The largest absolute Gasteiger partial charge is 0.481 e. The normalized spacial score (nSPS) is 17.2. The molecule has 2 nitrogen and oxygen atoms in total. The highest BCUT2D eigenvalue weighted by molar-refractivity contribution is 9.10. The predicted molar refractivity (Wildman–Crippen MR) is 71.4 cm³/mol. The maximum atomic E-state index is 10.9. The Morgan fingerprint density at radius 3 is 2.53 bits per heavy atom. The molecule has 0 heterocycles. The highest BCUT2D eigenvalue weighted by Gasteiger charge is 2.46. The maximum Gasteiger partial charge on any atom is 0.304 e. The summed E-state index contributed by atoms with van der Waals surface area (Å²) in [5.74, 6) is -0.236. The smallest absolute Gasteiger partial charge is 0.304 e. The SMILES string of the molecule is CC(C)c1cc(Br)cc(C2(CC(=O)O)CC2)c1. The van der Waals surface area contributed by atoms with Gasteiger partial charge in [-0.1, -0.05) is 35.8 Å². The van der Waals surface area contributed by atoms with Crippen molar-refractivity contribution < 1.29 is 9.90 Å². The maximum absolute atomic E-state index is 10.9. The summed E-state index contributed by atoms with van der Waals surface area (Å²) in [5, 5.41) is 8.99.